The number of sulfonamides is 1. The highest BCUT2D eigenvalue weighted by atomic mass is 32.2. The number of aryl methyl sites for hydroxylation is 5. The predicted molar refractivity (Wildman–Crippen MR) is 134 cm³/mol. The quantitative estimate of drug-likeness (QED) is 0.676. The van der Waals surface area contributed by atoms with E-state index in [1.165, 1.54) is 9.21 Å². The Morgan fingerprint density at radius 1 is 0.971 bits per heavy atom. The summed E-state index contributed by atoms with van der Waals surface area (Å²) in [5.74, 6) is -0.681. The van der Waals surface area contributed by atoms with Crippen LogP contribution >= 0.6 is 0 Å². The SMILES string of the molecule is Cc1cc(C)c(S(=O)(=O)N2CCC(C(=O)N(C)CC(=O)Nc3c(C)cccc3C)CC2)c(C)c1. The molecule has 1 saturated heterocycles. The van der Waals surface area contributed by atoms with Crippen LogP contribution in [-0.2, 0) is 19.6 Å². The van der Waals surface area contributed by atoms with Crippen molar-refractivity contribution in [2.75, 3.05) is 32.0 Å². The fourth-order valence-corrected chi connectivity index (χ4v) is 6.72. The second-order valence-electron chi connectivity index (χ2n) is 9.42. The zero-order chi connectivity index (χ0) is 25.2. The molecule has 0 spiro atoms. The minimum atomic E-state index is -3.63. The standard InChI is InChI=1S/C26H35N3O4S/c1-17-14-20(4)25(21(5)15-17)34(32,33)29-12-10-22(11-13-29)26(31)28(6)16-23(30)27-24-18(2)8-7-9-19(24)3/h7-9,14-15,22H,10-13,16H2,1-6H3,(H,27,30). The summed E-state index contributed by atoms with van der Waals surface area (Å²) >= 11 is 0. The van der Waals surface area contributed by atoms with Crippen LogP contribution in [0.1, 0.15) is 40.7 Å². The van der Waals surface area contributed by atoms with Gasteiger partial charge in [-0.15, -0.1) is 0 Å². The molecule has 0 atom stereocenters. The molecule has 1 N–H and O–H groups in total. The maximum atomic E-state index is 13.3. The molecule has 0 aliphatic carbocycles. The van der Waals surface area contributed by atoms with E-state index in [-0.39, 0.29) is 37.4 Å². The van der Waals surface area contributed by atoms with Gasteiger partial charge in [0.1, 0.15) is 0 Å². The Balaban J connectivity index is 1.60. The molecule has 1 aliphatic rings. The monoisotopic (exact) mass is 485 g/mol. The number of piperidine rings is 1. The van der Waals surface area contributed by atoms with Crippen LogP contribution in [0.3, 0.4) is 0 Å². The van der Waals surface area contributed by atoms with Crippen LogP contribution in [-0.4, -0.2) is 56.1 Å². The number of carbonyl (C=O) groups excluding carboxylic acids is 2. The largest absolute Gasteiger partial charge is 0.336 e. The summed E-state index contributed by atoms with van der Waals surface area (Å²) < 4.78 is 28.1. The maximum Gasteiger partial charge on any atom is 0.243 e. The maximum absolute atomic E-state index is 13.3. The van der Waals surface area contributed by atoms with E-state index in [9.17, 15) is 18.0 Å². The normalized spacial score (nSPS) is 15.2. The molecule has 0 unspecified atom stereocenters. The second kappa shape index (κ2) is 10.3. The molecule has 2 amide bonds. The molecule has 8 heteroatoms. The van der Waals surface area contributed by atoms with E-state index in [0.29, 0.717) is 17.7 Å². The van der Waals surface area contributed by atoms with Gasteiger partial charge < -0.3 is 10.2 Å². The van der Waals surface area contributed by atoms with Crippen molar-refractivity contribution in [2.24, 2.45) is 5.92 Å². The molecular weight excluding hydrogens is 450 g/mol. The predicted octanol–water partition coefficient (Wildman–Crippen LogP) is 3.73. The van der Waals surface area contributed by atoms with Crippen molar-refractivity contribution < 1.29 is 18.0 Å². The molecule has 0 aromatic heterocycles. The first kappa shape index (κ1) is 25.9. The van der Waals surface area contributed by atoms with Gasteiger partial charge in [0.05, 0.1) is 11.4 Å². The number of carbonyl (C=O) groups is 2. The lowest BCUT2D eigenvalue weighted by Crippen LogP contribution is -2.45. The number of benzene rings is 2. The van der Waals surface area contributed by atoms with Crippen molar-refractivity contribution in [3.05, 3.63) is 58.1 Å². The van der Waals surface area contributed by atoms with Crippen molar-refractivity contribution in [3.8, 4) is 0 Å². The van der Waals surface area contributed by atoms with Crippen molar-refractivity contribution in [2.45, 2.75) is 52.4 Å². The fourth-order valence-electron chi connectivity index (χ4n) is 4.84. The number of nitrogens with zero attached hydrogens (tertiary/aromatic N) is 2. The number of amides is 2. The lowest BCUT2D eigenvalue weighted by atomic mass is 9.96. The molecule has 2 aromatic rings. The van der Waals surface area contributed by atoms with Gasteiger partial charge in [0.25, 0.3) is 0 Å². The Morgan fingerprint density at radius 3 is 2.03 bits per heavy atom. The Kier molecular flexibility index (Phi) is 7.83. The van der Waals surface area contributed by atoms with Gasteiger partial charge in [-0.2, -0.15) is 4.31 Å². The van der Waals surface area contributed by atoms with Gasteiger partial charge in [-0.3, -0.25) is 9.59 Å². The zero-order valence-corrected chi connectivity index (χ0v) is 21.8. The number of nitrogens with one attached hydrogen (secondary N) is 1. The number of para-hydroxylation sites is 1. The number of anilines is 1. The third-order valence-corrected chi connectivity index (χ3v) is 8.71. The van der Waals surface area contributed by atoms with Crippen LogP contribution in [0.4, 0.5) is 5.69 Å². The Morgan fingerprint density at radius 2 is 1.50 bits per heavy atom. The summed E-state index contributed by atoms with van der Waals surface area (Å²) in [6, 6.07) is 9.56. The summed E-state index contributed by atoms with van der Waals surface area (Å²) in [5.41, 5.74) is 5.22. The number of hydrogen-bond acceptors (Lipinski definition) is 4. The molecule has 34 heavy (non-hydrogen) atoms. The van der Waals surface area contributed by atoms with E-state index in [1.807, 2.05) is 65.0 Å². The van der Waals surface area contributed by atoms with E-state index >= 15 is 0 Å². The molecule has 2 aromatic carbocycles. The first-order valence-electron chi connectivity index (χ1n) is 11.6. The van der Waals surface area contributed by atoms with Gasteiger partial charge in [0.2, 0.25) is 21.8 Å². The summed E-state index contributed by atoms with van der Waals surface area (Å²) in [4.78, 5) is 27.3. The third kappa shape index (κ3) is 5.50. The van der Waals surface area contributed by atoms with Crippen molar-refractivity contribution in [1.29, 1.82) is 0 Å². The summed E-state index contributed by atoms with van der Waals surface area (Å²) in [6.45, 7) is 9.97. The van der Waals surface area contributed by atoms with Crippen molar-refractivity contribution in [3.63, 3.8) is 0 Å². The molecule has 1 heterocycles. The van der Waals surface area contributed by atoms with Gasteiger partial charge in [-0.25, -0.2) is 8.42 Å². The molecule has 7 nitrogen and oxygen atoms in total. The average molecular weight is 486 g/mol. The molecule has 0 bridgehead atoms. The molecule has 0 saturated carbocycles. The Bertz CT molecular complexity index is 1160. The average Bonchev–Trinajstić information content (AvgIpc) is 2.75. The van der Waals surface area contributed by atoms with Gasteiger partial charge in [-0.05, 0) is 69.7 Å². The molecular formula is C26H35N3O4S. The molecule has 1 fully saturated rings. The molecule has 3 rings (SSSR count). The molecule has 184 valence electrons. The van der Waals surface area contributed by atoms with Gasteiger partial charge >= 0.3 is 0 Å². The molecule has 1 aliphatic heterocycles. The Hall–Kier alpha value is -2.71. The smallest absolute Gasteiger partial charge is 0.243 e. The topological polar surface area (TPSA) is 86.8 Å². The minimum absolute atomic E-state index is 0.0487. The fraction of sp³-hybridized carbons (Fsp3) is 0.462. The number of rotatable bonds is 6. The second-order valence-corrected chi connectivity index (χ2v) is 11.3. The first-order valence-corrected chi connectivity index (χ1v) is 13.0. The lowest BCUT2D eigenvalue weighted by molar-refractivity contribution is -0.138. The highest BCUT2D eigenvalue weighted by molar-refractivity contribution is 7.89. The van der Waals surface area contributed by atoms with E-state index in [0.717, 1.165) is 33.5 Å². The van der Waals surface area contributed by atoms with Crippen LogP contribution in [0.25, 0.3) is 0 Å². The third-order valence-electron chi connectivity index (χ3n) is 6.51. The van der Waals surface area contributed by atoms with E-state index in [2.05, 4.69) is 5.32 Å². The number of likely N-dealkylation sites (N-methyl/N-ethyl adjacent to an activating group) is 1. The summed E-state index contributed by atoms with van der Waals surface area (Å²) in [5, 5.41) is 2.91. The molecule has 0 radical (unpaired) electrons. The minimum Gasteiger partial charge on any atom is -0.336 e. The van der Waals surface area contributed by atoms with Gasteiger partial charge in [-0.1, -0.05) is 35.9 Å². The van der Waals surface area contributed by atoms with Crippen LogP contribution in [0.2, 0.25) is 0 Å². The lowest BCUT2D eigenvalue weighted by Gasteiger charge is -2.33. The van der Waals surface area contributed by atoms with Gasteiger partial charge in [0.15, 0.2) is 0 Å². The van der Waals surface area contributed by atoms with Crippen LogP contribution in [0.5, 0.6) is 0 Å². The number of hydrogen-bond donors (Lipinski definition) is 1. The van der Waals surface area contributed by atoms with E-state index in [4.69, 9.17) is 0 Å². The first-order chi connectivity index (χ1) is 15.9. The van der Waals surface area contributed by atoms with Crippen molar-refractivity contribution >= 4 is 27.5 Å². The zero-order valence-electron chi connectivity index (χ0n) is 20.9. The van der Waals surface area contributed by atoms with Crippen LogP contribution in [0.15, 0.2) is 35.2 Å². The van der Waals surface area contributed by atoms with Gasteiger partial charge in [0, 0.05) is 31.7 Å². The van der Waals surface area contributed by atoms with E-state index < -0.39 is 10.0 Å². The Labute approximate surface area is 203 Å². The van der Waals surface area contributed by atoms with E-state index in [1.54, 1.807) is 7.05 Å². The summed E-state index contributed by atoms with van der Waals surface area (Å²) in [6.07, 6.45) is 0.871. The van der Waals surface area contributed by atoms with Crippen molar-refractivity contribution in [1.82, 2.24) is 9.21 Å². The summed E-state index contributed by atoms with van der Waals surface area (Å²) in [7, 11) is -2.01. The highest BCUT2D eigenvalue weighted by Gasteiger charge is 2.34. The van der Waals surface area contributed by atoms with Crippen LogP contribution < -0.4 is 5.32 Å². The van der Waals surface area contributed by atoms with Crippen LogP contribution in [0, 0.1) is 40.5 Å². The highest BCUT2D eigenvalue weighted by Crippen LogP contribution is 2.29.